The SMILES string of the molecule is Cc1cccc(NC(=O)COc2c(Br)cc([C@H]3SCC(=O)N3c3ccc(Cl)cc3)cc2Br)c1. The molecule has 0 spiro atoms. The number of carbonyl (C=O) groups excluding carboxylic acids is 2. The minimum atomic E-state index is -0.255. The lowest BCUT2D eigenvalue weighted by molar-refractivity contribution is -0.118. The average molecular weight is 611 g/mol. The Morgan fingerprint density at radius 2 is 1.85 bits per heavy atom. The predicted octanol–water partition coefficient (Wildman–Crippen LogP) is 6.97. The van der Waals surface area contributed by atoms with Crippen molar-refractivity contribution in [2.24, 2.45) is 0 Å². The van der Waals surface area contributed by atoms with E-state index in [0.717, 1.165) is 22.5 Å². The van der Waals surface area contributed by atoms with Crippen LogP contribution in [0, 0.1) is 6.92 Å². The van der Waals surface area contributed by atoms with Crippen LogP contribution in [0.1, 0.15) is 16.5 Å². The molecule has 1 N–H and O–H groups in total. The van der Waals surface area contributed by atoms with E-state index < -0.39 is 0 Å². The summed E-state index contributed by atoms with van der Waals surface area (Å²) in [7, 11) is 0. The minimum absolute atomic E-state index is 0.0349. The Bertz CT molecular complexity index is 1180. The van der Waals surface area contributed by atoms with Crippen molar-refractivity contribution >= 4 is 78.4 Å². The van der Waals surface area contributed by atoms with Gasteiger partial charge in [0.15, 0.2) is 6.61 Å². The molecule has 0 saturated carbocycles. The van der Waals surface area contributed by atoms with E-state index in [9.17, 15) is 9.59 Å². The van der Waals surface area contributed by atoms with Gasteiger partial charge in [0.1, 0.15) is 11.1 Å². The second kappa shape index (κ2) is 10.5. The molecule has 0 bridgehead atoms. The van der Waals surface area contributed by atoms with Crippen LogP contribution in [0.3, 0.4) is 0 Å². The standard InChI is InChI=1S/C24H19Br2ClN2O3S/c1-14-3-2-4-17(9-14)28-21(30)12-32-23-19(25)10-15(11-20(23)26)24-29(22(31)13-33-24)18-7-5-16(27)6-8-18/h2-11,24H,12-13H2,1H3,(H,28,30)/t24-/m1/s1. The molecule has 0 aromatic heterocycles. The monoisotopic (exact) mass is 608 g/mol. The molecule has 1 aliphatic heterocycles. The Kier molecular flexibility index (Phi) is 7.69. The molecular formula is C24H19Br2ClN2O3S. The number of thioether (sulfide) groups is 1. The van der Waals surface area contributed by atoms with Gasteiger partial charge in [-0.15, -0.1) is 11.8 Å². The average Bonchev–Trinajstić information content (AvgIpc) is 3.15. The van der Waals surface area contributed by atoms with Crippen LogP contribution in [0.2, 0.25) is 5.02 Å². The fourth-order valence-electron chi connectivity index (χ4n) is 3.47. The third-order valence-corrected chi connectivity index (χ3v) is 7.57. The summed E-state index contributed by atoms with van der Waals surface area (Å²) in [6.45, 7) is 1.82. The number of anilines is 2. The molecular weight excluding hydrogens is 592 g/mol. The van der Waals surface area contributed by atoms with Crippen molar-refractivity contribution in [3.05, 3.63) is 85.8 Å². The van der Waals surface area contributed by atoms with Crippen LogP contribution < -0.4 is 15.0 Å². The highest BCUT2D eigenvalue weighted by Crippen LogP contribution is 2.45. The van der Waals surface area contributed by atoms with Gasteiger partial charge in [-0.1, -0.05) is 23.7 Å². The number of ether oxygens (including phenoxy) is 1. The lowest BCUT2D eigenvalue weighted by Crippen LogP contribution is -2.27. The highest BCUT2D eigenvalue weighted by atomic mass is 79.9. The second-order valence-electron chi connectivity index (χ2n) is 7.42. The first-order valence-corrected chi connectivity index (χ1v) is 13.0. The summed E-state index contributed by atoms with van der Waals surface area (Å²) in [6.07, 6.45) is 0. The molecule has 0 radical (unpaired) electrons. The fourth-order valence-corrected chi connectivity index (χ4v) is 6.20. The highest BCUT2D eigenvalue weighted by Gasteiger charge is 2.34. The van der Waals surface area contributed by atoms with Gasteiger partial charge in [-0.3, -0.25) is 14.5 Å². The van der Waals surface area contributed by atoms with Gasteiger partial charge in [-0.25, -0.2) is 0 Å². The van der Waals surface area contributed by atoms with E-state index in [4.69, 9.17) is 16.3 Å². The van der Waals surface area contributed by atoms with Crippen LogP contribution in [0.25, 0.3) is 0 Å². The maximum Gasteiger partial charge on any atom is 0.262 e. The quantitative estimate of drug-likeness (QED) is 0.328. The molecule has 3 aromatic rings. The minimum Gasteiger partial charge on any atom is -0.481 e. The molecule has 1 saturated heterocycles. The summed E-state index contributed by atoms with van der Waals surface area (Å²) < 4.78 is 7.16. The van der Waals surface area contributed by atoms with E-state index >= 15 is 0 Å². The molecule has 1 atom stereocenters. The number of benzene rings is 3. The molecule has 1 fully saturated rings. The van der Waals surface area contributed by atoms with Gasteiger partial charge in [0.2, 0.25) is 5.91 Å². The summed E-state index contributed by atoms with van der Waals surface area (Å²) in [6, 6.07) is 18.6. The number of amides is 2. The van der Waals surface area contributed by atoms with Gasteiger partial charge in [-0.05, 0) is 98.4 Å². The third-order valence-electron chi connectivity index (χ3n) is 4.93. The Hall–Kier alpha value is -2.00. The van der Waals surface area contributed by atoms with Gasteiger partial charge in [0, 0.05) is 16.4 Å². The van der Waals surface area contributed by atoms with E-state index in [-0.39, 0.29) is 23.8 Å². The number of hydrogen-bond acceptors (Lipinski definition) is 4. The van der Waals surface area contributed by atoms with Crippen LogP contribution in [0.5, 0.6) is 5.75 Å². The molecule has 5 nitrogen and oxygen atoms in total. The number of aryl methyl sites for hydroxylation is 1. The van der Waals surface area contributed by atoms with Gasteiger partial charge in [-0.2, -0.15) is 0 Å². The van der Waals surface area contributed by atoms with Crippen LogP contribution in [-0.2, 0) is 9.59 Å². The van der Waals surface area contributed by atoms with E-state index in [0.29, 0.717) is 25.5 Å². The summed E-state index contributed by atoms with van der Waals surface area (Å²) in [5.41, 5.74) is 3.50. The summed E-state index contributed by atoms with van der Waals surface area (Å²) in [5.74, 6) is 0.687. The molecule has 1 aliphatic rings. The lowest BCUT2D eigenvalue weighted by atomic mass is 10.1. The van der Waals surface area contributed by atoms with Crippen molar-refractivity contribution in [1.82, 2.24) is 0 Å². The summed E-state index contributed by atoms with van der Waals surface area (Å²) >= 11 is 14.7. The smallest absolute Gasteiger partial charge is 0.262 e. The second-order valence-corrected chi connectivity index (χ2v) is 10.6. The number of nitrogens with one attached hydrogen (secondary N) is 1. The Morgan fingerprint density at radius 1 is 1.15 bits per heavy atom. The van der Waals surface area contributed by atoms with Crippen molar-refractivity contribution in [3.63, 3.8) is 0 Å². The van der Waals surface area contributed by atoms with Crippen LogP contribution in [0.15, 0.2) is 69.6 Å². The first kappa shape index (κ1) is 24.1. The largest absolute Gasteiger partial charge is 0.481 e. The van der Waals surface area contributed by atoms with Crippen LogP contribution in [-0.4, -0.2) is 24.2 Å². The van der Waals surface area contributed by atoms with Gasteiger partial charge in [0.05, 0.1) is 14.7 Å². The van der Waals surface area contributed by atoms with Crippen molar-refractivity contribution in [1.29, 1.82) is 0 Å². The molecule has 0 unspecified atom stereocenters. The highest BCUT2D eigenvalue weighted by molar-refractivity contribution is 9.11. The molecule has 0 aliphatic carbocycles. The molecule has 170 valence electrons. The van der Waals surface area contributed by atoms with Gasteiger partial charge >= 0.3 is 0 Å². The van der Waals surface area contributed by atoms with Gasteiger partial charge in [0.25, 0.3) is 5.91 Å². The summed E-state index contributed by atoms with van der Waals surface area (Å²) in [5, 5.41) is 3.26. The first-order valence-electron chi connectivity index (χ1n) is 9.99. The fraction of sp³-hybridized carbons (Fsp3) is 0.167. The van der Waals surface area contributed by atoms with E-state index in [2.05, 4.69) is 37.2 Å². The van der Waals surface area contributed by atoms with Crippen molar-refractivity contribution in [2.45, 2.75) is 12.3 Å². The maximum atomic E-state index is 12.6. The van der Waals surface area contributed by atoms with Gasteiger partial charge < -0.3 is 10.1 Å². The topological polar surface area (TPSA) is 58.6 Å². The number of halogens is 3. The molecule has 4 rings (SSSR count). The molecule has 9 heteroatoms. The number of rotatable bonds is 6. The maximum absolute atomic E-state index is 12.6. The van der Waals surface area contributed by atoms with Crippen LogP contribution >= 0.6 is 55.2 Å². The van der Waals surface area contributed by atoms with E-state index in [1.165, 1.54) is 0 Å². The first-order chi connectivity index (χ1) is 15.8. The molecule has 2 amide bonds. The van der Waals surface area contributed by atoms with E-state index in [1.807, 2.05) is 55.5 Å². The number of carbonyl (C=O) groups is 2. The van der Waals surface area contributed by atoms with Crippen molar-refractivity contribution in [3.8, 4) is 5.75 Å². The van der Waals surface area contributed by atoms with Crippen molar-refractivity contribution in [2.75, 3.05) is 22.6 Å². The zero-order chi connectivity index (χ0) is 23.5. The normalized spacial score (nSPS) is 15.6. The zero-order valence-corrected chi connectivity index (χ0v) is 22.2. The zero-order valence-electron chi connectivity index (χ0n) is 17.5. The summed E-state index contributed by atoms with van der Waals surface area (Å²) in [4.78, 5) is 26.7. The van der Waals surface area contributed by atoms with Crippen molar-refractivity contribution < 1.29 is 14.3 Å². The van der Waals surface area contributed by atoms with Crippen LogP contribution in [0.4, 0.5) is 11.4 Å². The number of nitrogens with zero attached hydrogens (tertiary/aromatic N) is 1. The Balaban J connectivity index is 1.49. The van der Waals surface area contributed by atoms with E-state index in [1.54, 1.807) is 28.8 Å². The number of hydrogen-bond donors (Lipinski definition) is 1. The molecule has 33 heavy (non-hydrogen) atoms. The molecule has 3 aromatic carbocycles. The Labute approximate surface area is 218 Å². The predicted molar refractivity (Wildman–Crippen MR) is 141 cm³/mol. The third kappa shape index (κ3) is 5.74. The Morgan fingerprint density at radius 3 is 2.52 bits per heavy atom. The lowest BCUT2D eigenvalue weighted by Gasteiger charge is -2.25. The molecule has 1 heterocycles.